The SMILES string of the molecule is O=C(NCC(F)(F)F)c1cccc(-c2nc(CCl)cs2)c1. The van der Waals surface area contributed by atoms with Crippen molar-refractivity contribution in [3.8, 4) is 10.6 Å². The first-order valence-electron chi connectivity index (χ1n) is 5.85. The maximum absolute atomic E-state index is 12.1. The van der Waals surface area contributed by atoms with E-state index < -0.39 is 18.6 Å². The van der Waals surface area contributed by atoms with Crippen LogP contribution in [0.3, 0.4) is 0 Å². The van der Waals surface area contributed by atoms with Gasteiger partial charge in [-0.1, -0.05) is 12.1 Å². The molecule has 8 heteroatoms. The minimum atomic E-state index is -4.43. The Kier molecular flexibility index (Phi) is 4.84. The second-order valence-electron chi connectivity index (χ2n) is 4.16. The van der Waals surface area contributed by atoms with Gasteiger partial charge in [0.2, 0.25) is 0 Å². The molecule has 2 aromatic rings. The molecule has 1 N–H and O–H groups in total. The molecule has 0 radical (unpaired) electrons. The van der Waals surface area contributed by atoms with Crippen LogP contribution in [0.2, 0.25) is 0 Å². The first-order valence-corrected chi connectivity index (χ1v) is 7.26. The van der Waals surface area contributed by atoms with Gasteiger partial charge in [-0.25, -0.2) is 4.98 Å². The summed E-state index contributed by atoms with van der Waals surface area (Å²) in [5, 5.41) is 4.29. The Morgan fingerprint density at radius 3 is 2.76 bits per heavy atom. The monoisotopic (exact) mass is 334 g/mol. The lowest BCUT2D eigenvalue weighted by molar-refractivity contribution is -0.123. The van der Waals surface area contributed by atoms with Crippen molar-refractivity contribution in [2.75, 3.05) is 6.54 Å². The smallest absolute Gasteiger partial charge is 0.343 e. The molecule has 0 atom stereocenters. The molecular formula is C13H10ClF3N2OS. The van der Waals surface area contributed by atoms with E-state index in [-0.39, 0.29) is 11.4 Å². The maximum atomic E-state index is 12.1. The summed E-state index contributed by atoms with van der Waals surface area (Å²) in [6, 6.07) is 6.28. The number of nitrogens with one attached hydrogen (secondary N) is 1. The highest BCUT2D eigenvalue weighted by Crippen LogP contribution is 2.25. The number of hydrogen-bond acceptors (Lipinski definition) is 3. The molecule has 112 valence electrons. The second kappa shape index (κ2) is 6.44. The molecular weight excluding hydrogens is 325 g/mol. The van der Waals surface area contributed by atoms with Crippen molar-refractivity contribution in [2.45, 2.75) is 12.1 Å². The first-order chi connectivity index (χ1) is 9.89. The fraction of sp³-hybridized carbons (Fsp3) is 0.231. The summed E-state index contributed by atoms with van der Waals surface area (Å²) < 4.78 is 36.2. The molecule has 1 heterocycles. The summed E-state index contributed by atoms with van der Waals surface area (Å²) in [6.45, 7) is -1.36. The average molecular weight is 335 g/mol. The van der Waals surface area contributed by atoms with E-state index in [2.05, 4.69) is 4.98 Å². The lowest BCUT2D eigenvalue weighted by Gasteiger charge is -2.08. The number of carbonyl (C=O) groups is 1. The third-order valence-electron chi connectivity index (χ3n) is 2.51. The van der Waals surface area contributed by atoms with E-state index in [4.69, 9.17) is 11.6 Å². The summed E-state index contributed by atoms with van der Waals surface area (Å²) in [4.78, 5) is 15.9. The minimum Gasteiger partial charge on any atom is -0.343 e. The van der Waals surface area contributed by atoms with Crippen molar-refractivity contribution in [1.29, 1.82) is 0 Å². The predicted octanol–water partition coefficient (Wildman–Crippen LogP) is 3.84. The number of aromatic nitrogens is 1. The third-order valence-corrected chi connectivity index (χ3v) is 3.72. The van der Waals surface area contributed by atoms with Gasteiger partial charge in [-0.15, -0.1) is 22.9 Å². The van der Waals surface area contributed by atoms with Crippen molar-refractivity contribution in [3.05, 3.63) is 40.9 Å². The van der Waals surface area contributed by atoms with Gasteiger partial charge in [0.05, 0.1) is 11.6 Å². The van der Waals surface area contributed by atoms with E-state index in [1.54, 1.807) is 17.5 Å². The first kappa shape index (κ1) is 15.8. The summed E-state index contributed by atoms with van der Waals surface area (Å²) in [7, 11) is 0. The average Bonchev–Trinajstić information content (AvgIpc) is 2.93. The van der Waals surface area contributed by atoms with Gasteiger partial charge in [0.15, 0.2) is 0 Å². The normalized spacial score (nSPS) is 11.4. The molecule has 0 fully saturated rings. The zero-order chi connectivity index (χ0) is 15.5. The van der Waals surface area contributed by atoms with Crippen LogP contribution < -0.4 is 5.32 Å². The standard InChI is InChI=1S/C13H10ClF3N2OS/c14-5-10-6-21-12(19-10)9-3-1-2-8(4-9)11(20)18-7-13(15,16)17/h1-4,6H,5,7H2,(H,18,20). The number of nitrogens with zero attached hydrogens (tertiary/aromatic N) is 1. The van der Waals surface area contributed by atoms with Crippen molar-refractivity contribution in [1.82, 2.24) is 10.3 Å². The van der Waals surface area contributed by atoms with E-state index in [0.717, 1.165) is 0 Å². The van der Waals surface area contributed by atoms with Crippen LogP contribution in [0, 0.1) is 0 Å². The molecule has 21 heavy (non-hydrogen) atoms. The Balaban J connectivity index is 2.15. The topological polar surface area (TPSA) is 42.0 Å². The van der Waals surface area contributed by atoms with Gasteiger partial charge in [-0.3, -0.25) is 4.79 Å². The highest BCUT2D eigenvalue weighted by atomic mass is 35.5. The molecule has 0 spiro atoms. The van der Waals surface area contributed by atoms with Crippen molar-refractivity contribution < 1.29 is 18.0 Å². The number of rotatable bonds is 4. The molecule has 0 saturated carbocycles. The Hall–Kier alpha value is -1.60. The molecule has 1 aromatic carbocycles. The summed E-state index contributed by atoms with van der Waals surface area (Å²) >= 11 is 7.02. The Labute approximate surface area is 127 Å². The lowest BCUT2D eigenvalue weighted by atomic mass is 10.1. The molecule has 3 nitrogen and oxygen atoms in total. The zero-order valence-electron chi connectivity index (χ0n) is 10.6. The Morgan fingerprint density at radius 2 is 2.14 bits per heavy atom. The molecule has 0 aliphatic carbocycles. The summed E-state index contributed by atoms with van der Waals surface area (Å²) in [5.74, 6) is -0.495. The number of hydrogen-bond donors (Lipinski definition) is 1. The van der Waals surface area contributed by atoms with Crippen LogP contribution in [0.15, 0.2) is 29.6 Å². The predicted molar refractivity (Wildman–Crippen MR) is 75.5 cm³/mol. The van der Waals surface area contributed by atoms with Crippen molar-refractivity contribution >= 4 is 28.8 Å². The van der Waals surface area contributed by atoms with Gasteiger partial charge in [0.25, 0.3) is 5.91 Å². The number of halogens is 4. The molecule has 0 bridgehead atoms. The third kappa shape index (κ3) is 4.44. The minimum absolute atomic E-state index is 0.152. The van der Waals surface area contributed by atoms with Gasteiger partial charge >= 0.3 is 6.18 Å². The Bertz CT molecular complexity index is 642. The van der Waals surface area contributed by atoms with Crippen LogP contribution in [-0.4, -0.2) is 23.6 Å². The molecule has 1 aromatic heterocycles. The van der Waals surface area contributed by atoms with Crippen LogP contribution in [0.25, 0.3) is 10.6 Å². The van der Waals surface area contributed by atoms with E-state index in [9.17, 15) is 18.0 Å². The zero-order valence-corrected chi connectivity index (χ0v) is 12.1. The van der Waals surface area contributed by atoms with Gasteiger partial charge in [0, 0.05) is 16.5 Å². The molecule has 1 amide bonds. The van der Waals surface area contributed by atoms with Gasteiger partial charge in [0.1, 0.15) is 11.6 Å². The van der Waals surface area contributed by atoms with Crippen LogP contribution in [-0.2, 0) is 5.88 Å². The van der Waals surface area contributed by atoms with Crippen molar-refractivity contribution in [3.63, 3.8) is 0 Å². The van der Waals surface area contributed by atoms with Crippen LogP contribution in [0.1, 0.15) is 16.1 Å². The molecule has 0 unspecified atom stereocenters. The highest BCUT2D eigenvalue weighted by Gasteiger charge is 2.27. The van der Waals surface area contributed by atoms with E-state index in [0.29, 0.717) is 16.3 Å². The number of thiazole rings is 1. The number of alkyl halides is 4. The van der Waals surface area contributed by atoms with Crippen LogP contribution in [0.4, 0.5) is 13.2 Å². The lowest BCUT2D eigenvalue weighted by Crippen LogP contribution is -2.33. The van der Waals surface area contributed by atoms with Gasteiger partial charge < -0.3 is 5.32 Å². The van der Waals surface area contributed by atoms with Crippen LogP contribution >= 0.6 is 22.9 Å². The van der Waals surface area contributed by atoms with Gasteiger partial charge in [-0.05, 0) is 12.1 Å². The molecule has 0 aliphatic heterocycles. The second-order valence-corrected chi connectivity index (χ2v) is 5.28. The Morgan fingerprint density at radius 1 is 1.38 bits per heavy atom. The molecule has 0 aliphatic rings. The fourth-order valence-electron chi connectivity index (χ4n) is 1.58. The van der Waals surface area contributed by atoms with Crippen molar-refractivity contribution in [2.24, 2.45) is 0 Å². The van der Waals surface area contributed by atoms with Gasteiger partial charge in [-0.2, -0.15) is 13.2 Å². The fourth-order valence-corrected chi connectivity index (χ4v) is 2.62. The quantitative estimate of drug-likeness (QED) is 0.863. The largest absolute Gasteiger partial charge is 0.405 e. The summed E-state index contributed by atoms with van der Waals surface area (Å²) in [5.41, 5.74) is 1.53. The van der Waals surface area contributed by atoms with E-state index >= 15 is 0 Å². The van der Waals surface area contributed by atoms with Crippen LogP contribution in [0.5, 0.6) is 0 Å². The number of benzene rings is 1. The maximum Gasteiger partial charge on any atom is 0.405 e. The summed E-state index contributed by atoms with van der Waals surface area (Å²) in [6.07, 6.45) is -4.43. The molecule has 2 rings (SSSR count). The number of amides is 1. The highest BCUT2D eigenvalue weighted by molar-refractivity contribution is 7.13. The molecule has 0 saturated heterocycles. The van der Waals surface area contributed by atoms with E-state index in [1.807, 2.05) is 5.32 Å². The number of carbonyl (C=O) groups excluding carboxylic acids is 1. The van der Waals surface area contributed by atoms with E-state index in [1.165, 1.54) is 23.5 Å².